The number of nitrogens with one attached hydrogen (secondary N) is 2. The molecule has 1 heterocycles. The van der Waals surface area contributed by atoms with Crippen molar-refractivity contribution in [2.75, 3.05) is 11.9 Å². The summed E-state index contributed by atoms with van der Waals surface area (Å²) >= 11 is 3.27. The van der Waals surface area contributed by atoms with E-state index in [9.17, 15) is 9.59 Å². The lowest BCUT2D eigenvalue weighted by Crippen LogP contribution is -2.28. The first-order valence-electron chi connectivity index (χ1n) is 4.04. The number of benzene rings is 1. The summed E-state index contributed by atoms with van der Waals surface area (Å²) in [6.45, 7) is 0.0190. The Kier molecular flexibility index (Phi) is 2.25. The van der Waals surface area contributed by atoms with Gasteiger partial charge in [0.15, 0.2) is 0 Å². The van der Waals surface area contributed by atoms with Gasteiger partial charge in [0.2, 0.25) is 5.91 Å². The Hall–Kier alpha value is -1.36. The van der Waals surface area contributed by atoms with Crippen LogP contribution in [0.3, 0.4) is 0 Å². The molecule has 2 N–H and O–H groups in total. The van der Waals surface area contributed by atoms with Gasteiger partial charge in [-0.05, 0) is 18.2 Å². The van der Waals surface area contributed by atoms with Gasteiger partial charge < -0.3 is 10.6 Å². The molecular formula is C9H7BrN2O2. The predicted octanol–water partition coefficient (Wildman–Crippen LogP) is 1.13. The average Bonchev–Trinajstić information content (AvgIpc) is 2.26. The third-order valence-corrected chi connectivity index (χ3v) is 2.40. The Labute approximate surface area is 88.8 Å². The molecule has 4 nitrogen and oxygen atoms in total. The Balaban J connectivity index is 2.52. The molecule has 1 aromatic rings. The predicted molar refractivity (Wildman–Crippen MR) is 55.1 cm³/mol. The maximum atomic E-state index is 11.4. The second-order valence-corrected chi connectivity index (χ2v) is 3.84. The fraction of sp³-hybridized carbons (Fsp3) is 0.111. The van der Waals surface area contributed by atoms with Gasteiger partial charge in [0, 0.05) is 4.47 Å². The summed E-state index contributed by atoms with van der Waals surface area (Å²) in [5.41, 5.74) is 1.03. The molecule has 0 spiro atoms. The third kappa shape index (κ3) is 1.63. The van der Waals surface area contributed by atoms with Gasteiger partial charge in [-0.15, -0.1) is 0 Å². The van der Waals surface area contributed by atoms with Gasteiger partial charge in [-0.2, -0.15) is 0 Å². The third-order valence-electron chi connectivity index (χ3n) is 1.91. The number of hydrogen-bond acceptors (Lipinski definition) is 2. The van der Waals surface area contributed by atoms with E-state index in [4.69, 9.17) is 0 Å². The van der Waals surface area contributed by atoms with Gasteiger partial charge in [0.1, 0.15) is 0 Å². The van der Waals surface area contributed by atoms with E-state index in [0.29, 0.717) is 11.3 Å². The van der Waals surface area contributed by atoms with E-state index in [1.807, 2.05) is 0 Å². The van der Waals surface area contributed by atoms with Gasteiger partial charge in [0.25, 0.3) is 5.91 Å². The molecule has 0 bridgehead atoms. The molecule has 0 atom stereocenters. The van der Waals surface area contributed by atoms with Crippen molar-refractivity contribution in [1.29, 1.82) is 0 Å². The van der Waals surface area contributed by atoms with Crippen LogP contribution in [0.2, 0.25) is 0 Å². The minimum atomic E-state index is -0.231. The fourth-order valence-electron chi connectivity index (χ4n) is 1.27. The first-order chi connectivity index (χ1) is 6.66. The van der Waals surface area contributed by atoms with Gasteiger partial charge in [-0.3, -0.25) is 9.59 Å². The van der Waals surface area contributed by atoms with Crippen LogP contribution in [0.1, 0.15) is 10.4 Å². The van der Waals surface area contributed by atoms with Crippen LogP contribution >= 0.6 is 15.9 Å². The fourth-order valence-corrected chi connectivity index (χ4v) is 1.63. The Morgan fingerprint density at radius 1 is 1.29 bits per heavy atom. The molecule has 1 aliphatic heterocycles. The topological polar surface area (TPSA) is 58.2 Å². The Morgan fingerprint density at radius 2 is 2.07 bits per heavy atom. The first-order valence-corrected chi connectivity index (χ1v) is 4.84. The van der Waals surface area contributed by atoms with Gasteiger partial charge >= 0.3 is 0 Å². The van der Waals surface area contributed by atoms with Crippen LogP contribution in [0.4, 0.5) is 5.69 Å². The molecule has 0 aromatic heterocycles. The zero-order chi connectivity index (χ0) is 10.1. The SMILES string of the molecule is O=C1CNC(=O)c2ccc(Br)cc2N1. The van der Waals surface area contributed by atoms with Crippen LogP contribution in [-0.2, 0) is 4.79 Å². The lowest BCUT2D eigenvalue weighted by Gasteiger charge is -2.04. The largest absolute Gasteiger partial charge is 0.343 e. The van der Waals surface area contributed by atoms with Crippen LogP contribution in [-0.4, -0.2) is 18.4 Å². The van der Waals surface area contributed by atoms with Crippen molar-refractivity contribution in [3.63, 3.8) is 0 Å². The molecule has 14 heavy (non-hydrogen) atoms. The van der Waals surface area contributed by atoms with Crippen molar-refractivity contribution in [2.45, 2.75) is 0 Å². The van der Waals surface area contributed by atoms with Crippen molar-refractivity contribution >= 4 is 33.4 Å². The second-order valence-electron chi connectivity index (χ2n) is 2.92. The van der Waals surface area contributed by atoms with E-state index >= 15 is 0 Å². The molecule has 1 aliphatic rings. The minimum Gasteiger partial charge on any atom is -0.343 e. The molecule has 2 rings (SSSR count). The van der Waals surface area contributed by atoms with E-state index in [-0.39, 0.29) is 18.4 Å². The van der Waals surface area contributed by atoms with E-state index in [1.54, 1.807) is 18.2 Å². The van der Waals surface area contributed by atoms with E-state index in [0.717, 1.165) is 4.47 Å². The second kappa shape index (κ2) is 3.42. The standard InChI is InChI=1S/C9H7BrN2O2/c10-5-1-2-6-7(3-5)12-8(13)4-11-9(6)14/h1-3H,4H2,(H,11,14)(H,12,13). The van der Waals surface area contributed by atoms with Crippen molar-refractivity contribution < 1.29 is 9.59 Å². The van der Waals surface area contributed by atoms with Crippen molar-refractivity contribution in [3.8, 4) is 0 Å². The summed E-state index contributed by atoms with van der Waals surface area (Å²) in [5, 5.41) is 5.14. The molecule has 1 aromatic carbocycles. The molecular weight excluding hydrogens is 248 g/mol. The smallest absolute Gasteiger partial charge is 0.253 e. The average molecular weight is 255 g/mol. The molecule has 5 heteroatoms. The quantitative estimate of drug-likeness (QED) is 0.730. The maximum absolute atomic E-state index is 11.4. The summed E-state index contributed by atoms with van der Waals surface area (Å²) in [5.74, 6) is -0.443. The highest BCUT2D eigenvalue weighted by atomic mass is 79.9. The normalized spacial score (nSPS) is 15.2. The molecule has 0 radical (unpaired) electrons. The Bertz CT molecular complexity index is 417. The molecule has 72 valence electrons. The molecule has 0 saturated carbocycles. The van der Waals surface area contributed by atoms with Crippen LogP contribution < -0.4 is 10.6 Å². The molecule has 0 unspecified atom stereocenters. The lowest BCUT2D eigenvalue weighted by molar-refractivity contribution is -0.115. The zero-order valence-electron chi connectivity index (χ0n) is 7.13. The van der Waals surface area contributed by atoms with Crippen molar-refractivity contribution in [2.24, 2.45) is 0 Å². The molecule has 0 aliphatic carbocycles. The van der Waals surface area contributed by atoms with Gasteiger partial charge in [0.05, 0.1) is 17.8 Å². The number of halogens is 1. The minimum absolute atomic E-state index is 0.0190. The highest BCUT2D eigenvalue weighted by Crippen LogP contribution is 2.22. The first kappa shape index (κ1) is 9.21. The monoisotopic (exact) mass is 254 g/mol. The summed E-state index contributed by atoms with van der Waals surface area (Å²) in [7, 11) is 0. The molecule has 2 amide bonds. The van der Waals surface area contributed by atoms with Crippen LogP contribution in [0.5, 0.6) is 0 Å². The Morgan fingerprint density at radius 3 is 2.86 bits per heavy atom. The number of anilines is 1. The van der Waals surface area contributed by atoms with E-state index < -0.39 is 0 Å². The molecule has 0 fully saturated rings. The number of hydrogen-bond donors (Lipinski definition) is 2. The van der Waals surface area contributed by atoms with Gasteiger partial charge in [-0.25, -0.2) is 0 Å². The van der Waals surface area contributed by atoms with Crippen LogP contribution in [0, 0.1) is 0 Å². The van der Waals surface area contributed by atoms with Crippen LogP contribution in [0.25, 0.3) is 0 Å². The highest BCUT2D eigenvalue weighted by Gasteiger charge is 2.18. The lowest BCUT2D eigenvalue weighted by atomic mass is 10.1. The number of amides is 2. The number of carbonyl (C=O) groups excluding carboxylic acids is 2. The van der Waals surface area contributed by atoms with Crippen molar-refractivity contribution in [1.82, 2.24) is 5.32 Å². The van der Waals surface area contributed by atoms with Gasteiger partial charge in [-0.1, -0.05) is 15.9 Å². The van der Waals surface area contributed by atoms with E-state index in [1.165, 1.54) is 0 Å². The maximum Gasteiger partial charge on any atom is 0.253 e. The number of carbonyl (C=O) groups is 2. The highest BCUT2D eigenvalue weighted by molar-refractivity contribution is 9.10. The molecule has 0 saturated heterocycles. The summed E-state index contributed by atoms with van der Waals surface area (Å²) in [4.78, 5) is 22.6. The van der Waals surface area contributed by atoms with Crippen molar-refractivity contribution in [3.05, 3.63) is 28.2 Å². The summed E-state index contributed by atoms with van der Waals surface area (Å²) in [6.07, 6.45) is 0. The van der Waals surface area contributed by atoms with E-state index in [2.05, 4.69) is 26.6 Å². The summed E-state index contributed by atoms with van der Waals surface area (Å²) in [6, 6.07) is 5.13. The zero-order valence-corrected chi connectivity index (χ0v) is 8.72. The number of rotatable bonds is 0. The number of fused-ring (bicyclic) bond motifs is 1. The van der Waals surface area contributed by atoms with Crippen LogP contribution in [0.15, 0.2) is 22.7 Å². The summed E-state index contributed by atoms with van der Waals surface area (Å²) < 4.78 is 0.825.